The van der Waals surface area contributed by atoms with E-state index >= 15 is 0 Å². The standard InChI is InChI=1S/C14H19Cl2NO/c1-2-17-14-5-6-18-9-11(14)7-10-3-4-12(15)8-13(10)16/h3-4,8,11,14,17H,2,5-7,9H2,1H3/t11-,14-/m0/s1. The van der Waals surface area contributed by atoms with E-state index in [1.165, 1.54) is 0 Å². The molecular formula is C14H19Cl2NO. The molecule has 100 valence electrons. The maximum atomic E-state index is 6.23. The molecule has 0 radical (unpaired) electrons. The van der Waals surface area contributed by atoms with Gasteiger partial charge in [-0.2, -0.15) is 0 Å². The number of hydrogen-bond acceptors (Lipinski definition) is 2. The smallest absolute Gasteiger partial charge is 0.0512 e. The highest BCUT2D eigenvalue weighted by Gasteiger charge is 2.25. The molecule has 1 N–H and O–H groups in total. The summed E-state index contributed by atoms with van der Waals surface area (Å²) in [6, 6.07) is 6.25. The molecule has 0 unspecified atom stereocenters. The van der Waals surface area contributed by atoms with Gasteiger partial charge in [-0.05, 0) is 37.1 Å². The zero-order valence-electron chi connectivity index (χ0n) is 10.6. The van der Waals surface area contributed by atoms with Crippen molar-refractivity contribution in [2.24, 2.45) is 5.92 Å². The third kappa shape index (κ3) is 3.61. The van der Waals surface area contributed by atoms with Crippen molar-refractivity contribution in [2.75, 3.05) is 19.8 Å². The summed E-state index contributed by atoms with van der Waals surface area (Å²) in [5.41, 5.74) is 1.15. The van der Waals surface area contributed by atoms with Gasteiger partial charge in [0.25, 0.3) is 0 Å². The zero-order chi connectivity index (χ0) is 13.0. The topological polar surface area (TPSA) is 21.3 Å². The summed E-state index contributed by atoms with van der Waals surface area (Å²) in [6.07, 6.45) is 2.01. The van der Waals surface area contributed by atoms with Crippen LogP contribution in [-0.2, 0) is 11.2 Å². The molecule has 0 aromatic heterocycles. The van der Waals surface area contributed by atoms with E-state index in [0.29, 0.717) is 17.0 Å². The molecule has 2 rings (SSSR count). The van der Waals surface area contributed by atoms with Crippen molar-refractivity contribution >= 4 is 23.2 Å². The Morgan fingerprint density at radius 3 is 2.94 bits per heavy atom. The van der Waals surface area contributed by atoms with Crippen molar-refractivity contribution in [2.45, 2.75) is 25.8 Å². The first-order valence-corrected chi connectivity index (χ1v) is 7.21. The summed E-state index contributed by atoms with van der Waals surface area (Å²) >= 11 is 12.1. The van der Waals surface area contributed by atoms with Gasteiger partial charge in [-0.25, -0.2) is 0 Å². The largest absolute Gasteiger partial charge is 0.381 e. The van der Waals surface area contributed by atoms with Crippen LogP contribution in [0.2, 0.25) is 10.0 Å². The van der Waals surface area contributed by atoms with E-state index in [9.17, 15) is 0 Å². The third-order valence-electron chi connectivity index (χ3n) is 3.44. The molecule has 1 heterocycles. The number of hydrogen-bond donors (Lipinski definition) is 1. The van der Waals surface area contributed by atoms with Gasteiger partial charge in [0.2, 0.25) is 0 Å². The predicted octanol–water partition coefficient (Wildman–Crippen LogP) is 3.55. The van der Waals surface area contributed by atoms with E-state index in [4.69, 9.17) is 27.9 Å². The summed E-state index contributed by atoms with van der Waals surface area (Å²) < 4.78 is 5.59. The van der Waals surface area contributed by atoms with Crippen molar-refractivity contribution in [3.05, 3.63) is 33.8 Å². The molecule has 0 spiro atoms. The second-order valence-electron chi connectivity index (χ2n) is 4.73. The van der Waals surface area contributed by atoms with Crippen molar-refractivity contribution in [1.29, 1.82) is 0 Å². The Kier molecular flexibility index (Phi) is 5.31. The minimum atomic E-state index is 0.484. The Labute approximate surface area is 119 Å². The average Bonchev–Trinajstić information content (AvgIpc) is 2.35. The maximum absolute atomic E-state index is 6.23. The number of ether oxygens (including phenoxy) is 1. The van der Waals surface area contributed by atoms with Crippen LogP contribution in [0.15, 0.2) is 18.2 Å². The Hall–Kier alpha value is -0.280. The van der Waals surface area contributed by atoms with E-state index in [0.717, 1.165) is 43.2 Å². The van der Waals surface area contributed by atoms with Gasteiger partial charge in [-0.3, -0.25) is 0 Å². The number of nitrogens with one attached hydrogen (secondary N) is 1. The molecule has 1 aliphatic rings. The number of halogens is 2. The van der Waals surface area contributed by atoms with Crippen LogP contribution < -0.4 is 5.32 Å². The van der Waals surface area contributed by atoms with Crippen LogP contribution in [0.5, 0.6) is 0 Å². The monoisotopic (exact) mass is 287 g/mol. The van der Waals surface area contributed by atoms with Crippen LogP contribution in [0, 0.1) is 5.92 Å². The number of benzene rings is 1. The van der Waals surface area contributed by atoms with Crippen molar-refractivity contribution in [1.82, 2.24) is 5.32 Å². The van der Waals surface area contributed by atoms with Crippen LogP contribution >= 0.6 is 23.2 Å². The molecule has 0 saturated carbocycles. The van der Waals surface area contributed by atoms with E-state index in [1.54, 1.807) is 0 Å². The van der Waals surface area contributed by atoms with E-state index < -0.39 is 0 Å². The summed E-state index contributed by atoms with van der Waals surface area (Å²) in [7, 11) is 0. The minimum absolute atomic E-state index is 0.484. The summed E-state index contributed by atoms with van der Waals surface area (Å²) in [4.78, 5) is 0. The lowest BCUT2D eigenvalue weighted by molar-refractivity contribution is 0.0327. The molecule has 1 aromatic carbocycles. The summed E-state index contributed by atoms with van der Waals surface area (Å²) in [6.45, 7) is 4.79. The Balaban J connectivity index is 2.06. The highest BCUT2D eigenvalue weighted by Crippen LogP contribution is 2.26. The van der Waals surface area contributed by atoms with Gasteiger partial charge in [0, 0.05) is 28.6 Å². The zero-order valence-corrected chi connectivity index (χ0v) is 12.1. The molecule has 1 fully saturated rings. The van der Waals surface area contributed by atoms with Crippen LogP contribution in [0.1, 0.15) is 18.9 Å². The van der Waals surface area contributed by atoms with Crippen LogP contribution in [-0.4, -0.2) is 25.8 Å². The van der Waals surface area contributed by atoms with E-state index in [2.05, 4.69) is 12.2 Å². The van der Waals surface area contributed by atoms with Gasteiger partial charge in [0.05, 0.1) is 6.61 Å². The minimum Gasteiger partial charge on any atom is -0.381 e. The van der Waals surface area contributed by atoms with Crippen molar-refractivity contribution < 1.29 is 4.74 Å². The van der Waals surface area contributed by atoms with Crippen LogP contribution in [0.3, 0.4) is 0 Å². The molecule has 1 aromatic rings. The highest BCUT2D eigenvalue weighted by atomic mass is 35.5. The molecule has 0 aliphatic carbocycles. The second kappa shape index (κ2) is 6.76. The van der Waals surface area contributed by atoms with E-state index in [-0.39, 0.29) is 0 Å². The molecule has 18 heavy (non-hydrogen) atoms. The van der Waals surface area contributed by atoms with Gasteiger partial charge in [0.1, 0.15) is 0 Å². The van der Waals surface area contributed by atoms with Gasteiger partial charge < -0.3 is 10.1 Å². The maximum Gasteiger partial charge on any atom is 0.0512 e. The predicted molar refractivity (Wildman–Crippen MR) is 76.6 cm³/mol. The lowest BCUT2D eigenvalue weighted by Gasteiger charge is -2.32. The number of rotatable bonds is 4. The van der Waals surface area contributed by atoms with Crippen LogP contribution in [0.25, 0.3) is 0 Å². The Morgan fingerprint density at radius 1 is 1.39 bits per heavy atom. The van der Waals surface area contributed by atoms with Crippen LogP contribution in [0.4, 0.5) is 0 Å². The molecule has 1 saturated heterocycles. The lowest BCUT2D eigenvalue weighted by atomic mass is 9.89. The van der Waals surface area contributed by atoms with Crippen molar-refractivity contribution in [3.63, 3.8) is 0 Å². The fraction of sp³-hybridized carbons (Fsp3) is 0.571. The normalized spacial score (nSPS) is 24.2. The summed E-state index contributed by atoms with van der Waals surface area (Å²) in [5, 5.41) is 4.98. The first-order chi connectivity index (χ1) is 8.70. The first kappa shape index (κ1) is 14.1. The molecule has 2 nitrogen and oxygen atoms in total. The third-order valence-corrected chi connectivity index (χ3v) is 4.02. The average molecular weight is 288 g/mol. The summed E-state index contributed by atoms with van der Waals surface area (Å²) in [5.74, 6) is 0.484. The van der Waals surface area contributed by atoms with E-state index in [1.807, 2.05) is 18.2 Å². The van der Waals surface area contributed by atoms with Gasteiger partial charge >= 0.3 is 0 Å². The molecule has 0 amide bonds. The lowest BCUT2D eigenvalue weighted by Crippen LogP contribution is -2.43. The van der Waals surface area contributed by atoms with Gasteiger partial charge in [-0.1, -0.05) is 36.2 Å². The fourth-order valence-corrected chi connectivity index (χ4v) is 2.98. The molecule has 2 atom stereocenters. The quantitative estimate of drug-likeness (QED) is 0.914. The van der Waals surface area contributed by atoms with Gasteiger partial charge in [0.15, 0.2) is 0 Å². The Bertz CT molecular complexity index is 395. The second-order valence-corrected chi connectivity index (χ2v) is 5.57. The molecule has 4 heteroatoms. The highest BCUT2D eigenvalue weighted by molar-refractivity contribution is 6.35. The van der Waals surface area contributed by atoms with Gasteiger partial charge in [-0.15, -0.1) is 0 Å². The molecule has 1 aliphatic heterocycles. The molecular weight excluding hydrogens is 269 g/mol. The fourth-order valence-electron chi connectivity index (χ4n) is 2.50. The SMILES string of the molecule is CCN[C@H]1CCOC[C@@H]1Cc1ccc(Cl)cc1Cl. The molecule has 0 bridgehead atoms. The Morgan fingerprint density at radius 2 is 2.22 bits per heavy atom. The first-order valence-electron chi connectivity index (χ1n) is 6.45. The van der Waals surface area contributed by atoms with Crippen molar-refractivity contribution in [3.8, 4) is 0 Å².